The Balaban J connectivity index is 1.67. The Morgan fingerprint density at radius 3 is 2.92 bits per heavy atom. The highest BCUT2D eigenvalue weighted by Gasteiger charge is 2.32. The predicted molar refractivity (Wildman–Crippen MR) is 83.5 cm³/mol. The Morgan fingerprint density at radius 2 is 2.04 bits per heavy atom. The van der Waals surface area contributed by atoms with Crippen molar-refractivity contribution in [2.45, 2.75) is 25.0 Å². The maximum absolute atomic E-state index is 14.2. The molecule has 2 aliphatic rings. The number of ether oxygens (including phenoxy) is 2. The van der Waals surface area contributed by atoms with Crippen molar-refractivity contribution in [2.75, 3.05) is 6.79 Å². The molecule has 124 valence electrons. The quantitative estimate of drug-likeness (QED) is 0.887. The van der Waals surface area contributed by atoms with Gasteiger partial charge in [0.25, 0.3) is 5.91 Å². The van der Waals surface area contributed by atoms with Crippen molar-refractivity contribution in [1.29, 1.82) is 0 Å². The smallest absolute Gasteiger partial charge is 0.258 e. The van der Waals surface area contributed by atoms with E-state index in [2.05, 4.69) is 5.32 Å². The van der Waals surface area contributed by atoms with E-state index in [-0.39, 0.29) is 18.1 Å². The van der Waals surface area contributed by atoms with E-state index in [1.165, 1.54) is 12.1 Å². The average Bonchev–Trinajstić information content (AvgIpc) is 3.05. The minimum absolute atomic E-state index is 0.0477. The van der Waals surface area contributed by atoms with Crippen LogP contribution in [0.5, 0.6) is 11.5 Å². The maximum atomic E-state index is 14.2. The first-order valence-corrected chi connectivity index (χ1v) is 7.80. The van der Waals surface area contributed by atoms with Crippen LogP contribution < -0.4 is 14.8 Å². The SMILES string of the molecule is O=C(N[C@H]1c2ccccc2CC[C@H]1O)c1c(F)ccc2c1OCO2. The molecular formula is C18H16FNO4. The summed E-state index contributed by atoms with van der Waals surface area (Å²) in [6, 6.07) is 9.64. The molecule has 0 bridgehead atoms. The summed E-state index contributed by atoms with van der Waals surface area (Å²) in [5.41, 5.74) is 1.74. The number of carbonyl (C=O) groups excluding carboxylic acids is 1. The normalized spacial score (nSPS) is 21.2. The Hall–Kier alpha value is -2.60. The number of rotatable bonds is 2. The number of aryl methyl sites for hydroxylation is 1. The molecule has 2 N–H and O–H groups in total. The van der Waals surface area contributed by atoms with Gasteiger partial charge in [0.1, 0.15) is 11.4 Å². The lowest BCUT2D eigenvalue weighted by atomic mass is 9.85. The van der Waals surface area contributed by atoms with Gasteiger partial charge in [-0.15, -0.1) is 0 Å². The lowest BCUT2D eigenvalue weighted by molar-refractivity contribution is 0.0784. The minimum atomic E-state index is -0.721. The molecule has 2 aromatic rings. The number of halogens is 1. The van der Waals surface area contributed by atoms with Crippen LogP contribution in [0.4, 0.5) is 4.39 Å². The fourth-order valence-corrected chi connectivity index (χ4v) is 3.29. The second-order valence-corrected chi connectivity index (χ2v) is 5.91. The van der Waals surface area contributed by atoms with E-state index in [1.54, 1.807) is 0 Å². The number of benzene rings is 2. The van der Waals surface area contributed by atoms with Crippen LogP contribution in [-0.4, -0.2) is 23.9 Å². The summed E-state index contributed by atoms with van der Waals surface area (Å²) >= 11 is 0. The van der Waals surface area contributed by atoms with Gasteiger partial charge < -0.3 is 19.9 Å². The Kier molecular flexibility index (Phi) is 3.61. The topological polar surface area (TPSA) is 67.8 Å². The molecule has 1 amide bonds. The summed E-state index contributed by atoms with van der Waals surface area (Å²) < 4.78 is 24.6. The van der Waals surface area contributed by atoms with Gasteiger partial charge in [-0.05, 0) is 36.1 Å². The molecule has 0 saturated carbocycles. The molecule has 5 nitrogen and oxygen atoms in total. The molecule has 2 aromatic carbocycles. The van der Waals surface area contributed by atoms with Gasteiger partial charge in [-0.2, -0.15) is 0 Å². The van der Waals surface area contributed by atoms with Crippen LogP contribution in [0.25, 0.3) is 0 Å². The van der Waals surface area contributed by atoms with E-state index < -0.39 is 23.9 Å². The van der Waals surface area contributed by atoms with E-state index in [0.29, 0.717) is 12.2 Å². The molecule has 0 fully saturated rings. The summed E-state index contributed by atoms with van der Waals surface area (Å²) in [5.74, 6) is -0.872. The molecule has 6 heteroatoms. The van der Waals surface area contributed by atoms with Crippen molar-refractivity contribution in [3.8, 4) is 11.5 Å². The molecule has 4 rings (SSSR count). The van der Waals surface area contributed by atoms with Crippen LogP contribution >= 0.6 is 0 Å². The number of carbonyl (C=O) groups is 1. The summed E-state index contributed by atoms with van der Waals surface area (Å²) in [6.45, 7) is -0.0477. The highest BCUT2D eigenvalue weighted by atomic mass is 19.1. The fraction of sp³-hybridized carbons (Fsp3) is 0.278. The van der Waals surface area contributed by atoms with Gasteiger partial charge in [0.05, 0.1) is 12.1 Å². The van der Waals surface area contributed by atoms with Gasteiger partial charge in [0.2, 0.25) is 6.79 Å². The number of aliphatic hydroxyl groups excluding tert-OH is 1. The van der Waals surface area contributed by atoms with Crippen LogP contribution in [0.1, 0.15) is 33.9 Å². The van der Waals surface area contributed by atoms with Crippen LogP contribution in [0, 0.1) is 5.82 Å². The lowest BCUT2D eigenvalue weighted by Crippen LogP contribution is -2.39. The van der Waals surface area contributed by atoms with Crippen molar-refractivity contribution >= 4 is 5.91 Å². The van der Waals surface area contributed by atoms with Crippen LogP contribution in [-0.2, 0) is 6.42 Å². The van der Waals surface area contributed by atoms with E-state index in [9.17, 15) is 14.3 Å². The molecule has 0 aromatic heterocycles. The standard InChI is InChI=1S/C18H16FNO4/c19-12-6-8-14-17(24-9-23-14)15(12)18(22)20-16-11-4-2-1-3-10(11)5-7-13(16)21/h1-4,6,8,13,16,21H,5,7,9H2,(H,20,22)/t13-,16+/m1/s1. The van der Waals surface area contributed by atoms with Gasteiger partial charge in [0.15, 0.2) is 11.5 Å². The summed E-state index contributed by atoms with van der Waals surface area (Å²) in [5, 5.41) is 13.1. The molecule has 1 aliphatic carbocycles. The van der Waals surface area contributed by atoms with E-state index in [0.717, 1.165) is 17.5 Å². The third kappa shape index (κ3) is 2.39. The summed E-state index contributed by atoms with van der Waals surface area (Å²) in [4.78, 5) is 12.7. The van der Waals surface area contributed by atoms with Crippen molar-refractivity contribution in [2.24, 2.45) is 0 Å². The van der Waals surface area contributed by atoms with Gasteiger partial charge in [0, 0.05) is 0 Å². The summed E-state index contributed by atoms with van der Waals surface area (Å²) in [6.07, 6.45) is 0.563. The zero-order valence-corrected chi connectivity index (χ0v) is 12.8. The number of hydrogen-bond acceptors (Lipinski definition) is 4. The molecular weight excluding hydrogens is 313 g/mol. The molecule has 1 heterocycles. The van der Waals surface area contributed by atoms with Crippen LogP contribution in [0.2, 0.25) is 0 Å². The number of fused-ring (bicyclic) bond motifs is 2. The number of aliphatic hydroxyl groups is 1. The van der Waals surface area contributed by atoms with Crippen molar-refractivity contribution in [1.82, 2.24) is 5.32 Å². The van der Waals surface area contributed by atoms with Crippen LogP contribution in [0.15, 0.2) is 36.4 Å². The summed E-state index contributed by atoms with van der Waals surface area (Å²) in [7, 11) is 0. The van der Waals surface area contributed by atoms with E-state index in [4.69, 9.17) is 9.47 Å². The fourth-order valence-electron chi connectivity index (χ4n) is 3.29. The monoisotopic (exact) mass is 329 g/mol. The minimum Gasteiger partial charge on any atom is -0.454 e. The second-order valence-electron chi connectivity index (χ2n) is 5.91. The van der Waals surface area contributed by atoms with Gasteiger partial charge in [-0.25, -0.2) is 4.39 Å². The Morgan fingerprint density at radius 1 is 1.21 bits per heavy atom. The molecule has 0 unspecified atom stereocenters. The number of nitrogens with one attached hydrogen (secondary N) is 1. The molecule has 24 heavy (non-hydrogen) atoms. The van der Waals surface area contributed by atoms with Crippen LogP contribution in [0.3, 0.4) is 0 Å². The van der Waals surface area contributed by atoms with Gasteiger partial charge >= 0.3 is 0 Å². The number of hydrogen-bond donors (Lipinski definition) is 2. The first kappa shape index (κ1) is 15.0. The maximum Gasteiger partial charge on any atom is 0.258 e. The zero-order chi connectivity index (χ0) is 16.7. The van der Waals surface area contributed by atoms with Crippen molar-refractivity contribution in [3.63, 3.8) is 0 Å². The molecule has 0 radical (unpaired) electrons. The first-order valence-electron chi connectivity index (χ1n) is 7.80. The molecule has 1 aliphatic heterocycles. The molecule has 0 saturated heterocycles. The van der Waals surface area contributed by atoms with Gasteiger partial charge in [-0.1, -0.05) is 24.3 Å². The third-order valence-electron chi connectivity index (χ3n) is 4.49. The molecule has 0 spiro atoms. The van der Waals surface area contributed by atoms with Crippen molar-refractivity contribution in [3.05, 3.63) is 58.9 Å². The van der Waals surface area contributed by atoms with Crippen molar-refractivity contribution < 1.29 is 23.8 Å². The zero-order valence-electron chi connectivity index (χ0n) is 12.8. The Bertz CT molecular complexity index is 808. The molecule has 2 atom stereocenters. The predicted octanol–water partition coefficient (Wildman–Crippen LogP) is 2.33. The van der Waals surface area contributed by atoms with E-state index >= 15 is 0 Å². The first-order chi connectivity index (χ1) is 11.6. The average molecular weight is 329 g/mol. The van der Waals surface area contributed by atoms with E-state index in [1.807, 2.05) is 24.3 Å². The van der Waals surface area contributed by atoms with Gasteiger partial charge in [-0.3, -0.25) is 4.79 Å². The largest absolute Gasteiger partial charge is 0.454 e. The highest BCUT2D eigenvalue weighted by molar-refractivity contribution is 5.98. The Labute approximate surface area is 138 Å². The third-order valence-corrected chi connectivity index (χ3v) is 4.49. The number of amides is 1. The lowest BCUT2D eigenvalue weighted by Gasteiger charge is -2.31. The highest BCUT2D eigenvalue weighted by Crippen LogP contribution is 2.38. The second kappa shape index (κ2) is 5.79.